The van der Waals surface area contributed by atoms with Gasteiger partial charge in [0.15, 0.2) is 0 Å². The van der Waals surface area contributed by atoms with E-state index in [2.05, 4.69) is 4.74 Å². The molecule has 1 aromatic heterocycles. The van der Waals surface area contributed by atoms with Gasteiger partial charge in [-0.25, -0.2) is 4.79 Å². The molecule has 0 saturated carbocycles. The van der Waals surface area contributed by atoms with Crippen molar-refractivity contribution in [2.45, 2.75) is 18.6 Å². The van der Waals surface area contributed by atoms with Gasteiger partial charge in [0.25, 0.3) is 0 Å². The Labute approximate surface area is 102 Å². The third-order valence-electron chi connectivity index (χ3n) is 2.07. The number of hydrogen-bond acceptors (Lipinski definition) is 5. The van der Waals surface area contributed by atoms with Crippen LogP contribution in [0.5, 0.6) is 0 Å². The fourth-order valence-electron chi connectivity index (χ4n) is 1.18. The number of halogens is 1. The monoisotopic (exact) mass is 264 g/mol. The van der Waals surface area contributed by atoms with Crippen molar-refractivity contribution in [1.29, 1.82) is 0 Å². The Morgan fingerprint density at radius 1 is 1.56 bits per heavy atom. The van der Waals surface area contributed by atoms with Gasteiger partial charge in [-0.05, 0) is 18.6 Å². The summed E-state index contributed by atoms with van der Waals surface area (Å²) in [6, 6.07) is 3.15. The molecule has 0 saturated heterocycles. The number of carbonyl (C=O) groups excluding carboxylic acids is 1. The molecular formula is C10H13ClO4S. The topological polar surface area (TPSA) is 66.8 Å². The maximum absolute atomic E-state index is 11.2. The Hall–Kier alpha value is -0.620. The van der Waals surface area contributed by atoms with E-state index >= 15 is 0 Å². The highest BCUT2D eigenvalue weighted by Gasteiger charge is 2.21. The fourth-order valence-corrected chi connectivity index (χ4v) is 2.38. The number of rotatable bonds is 5. The molecule has 0 amide bonds. The SMILES string of the molecule is COC(=O)c1ccc(C(O)C(O)CCCl)s1. The smallest absolute Gasteiger partial charge is 0.348 e. The highest BCUT2D eigenvalue weighted by molar-refractivity contribution is 7.14. The van der Waals surface area contributed by atoms with Gasteiger partial charge in [0, 0.05) is 10.8 Å². The lowest BCUT2D eigenvalue weighted by molar-refractivity contribution is 0.0191. The van der Waals surface area contributed by atoms with Crippen molar-refractivity contribution in [2.24, 2.45) is 0 Å². The molecule has 2 unspecified atom stereocenters. The first-order chi connectivity index (χ1) is 7.60. The summed E-state index contributed by atoms with van der Waals surface area (Å²) in [4.78, 5) is 12.1. The molecule has 0 aromatic carbocycles. The van der Waals surface area contributed by atoms with Gasteiger partial charge in [-0.1, -0.05) is 0 Å². The fraction of sp³-hybridized carbons (Fsp3) is 0.500. The third-order valence-corrected chi connectivity index (χ3v) is 3.43. The van der Waals surface area contributed by atoms with Crippen molar-refractivity contribution >= 4 is 28.9 Å². The first-order valence-corrected chi connectivity index (χ1v) is 6.05. The Bertz CT molecular complexity index is 352. The third kappa shape index (κ3) is 3.18. The molecule has 2 atom stereocenters. The minimum absolute atomic E-state index is 0.271. The largest absolute Gasteiger partial charge is 0.465 e. The molecule has 0 bridgehead atoms. The molecule has 4 nitrogen and oxygen atoms in total. The van der Waals surface area contributed by atoms with Crippen LogP contribution >= 0.6 is 22.9 Å². The van der Waals surface area contributed by atoms with E-state index in [0.29, 0.717) is 16.2 Å². The van der Waals surface area contributed by atoms with Crippen LogP contribution in [-0.2, 0) is 4.74 Å². The van der Waals surface area contributed by atoms with E-state index in [0.717, 1.165) is 11.3 Å². The summed E-state index contributed by atoms with van der Waals surface area (Å²) >= 11 is 6.56. The second-order valence-electron chi connectivity index (χ2n) is 3.18. The van der Waals surface area contributed by atoms with E-state index in [-0.39, 0.29) is 5.88 Å². The number of thiophene rings is 1. The Morgan fingerprint density at radius 3 is 2.81 bits per heavy atom. The molecule has 16 heavy (non-hydrogen) atoms. The van der Waals surface area contributed by atoms with Crippen LogP contribution in [0.2, 0.25) is 0 Å². The molecular weight excluding hydrogens is 252 g/mol. The maximum Gasteiger partial charge on any atom is 0.348 e. The quantitative estimate of drug-likeness (QED) is 0.626. The number of aliphatic hydroxyl groups excluding tert-OH is 2. The van der Waals surface area contributed by atoms with Crippen molar-refractivity contribution in [3.63, 3.8) is 0 Å². The van der Waals surface area contributed by atoms with Gasteiger partial charge in [0.2, 0.25) is 0 Å². The number of methoxy groups -OCH3 is 1. The first kappa shape index (κ1) is 13.4. The van der Waals surface area contributed by atoms with Crippen molar-refractivity contribution in [3.05, 3.63) is 21.9 Å². The predicted molar refractivity (Wildman–Crippen MR) is 62.0 cm³/mol. The van der Waals surface area contributed by atoms with Gasteiger partial charge in [0.1, 0.15) is 11.0 Å². The van der Waals surface area contributed by atoms with Crippen LogP contribution in [-0.4, -0.2) is 35.3 Å². The van der Waals surface area contributed by atoms with Crippen LogP contribution in [0, 0.1) is 0 Å². The molecule has 0 aliphatic rings. The molecule has 2 N–H and O–H groups in total. The van der Waals surface area contributed by atoms with Crippen molar-refractivity contribution in [1.82, 2.24) is 0 Å². The molecule has 0 fully saturated rings. The van der Waals surface area contributed by atoms with Crippen LogP contribution in [0.25, 0.3) is 0 Å². The minimum Gasteiger partial charge on any atom is -0.465 e. The Kier molecular flexibility index (Phi) is 5.21. The highest BCUT2D eigenvalue weighted by Crippen LogP contribution is 2.27. The number of hydrogen-bond donors (Lipinski definition) is 2. The van der Waals surface area contributed by atoms with E-state index in [1.807, 2.05) is 0 Å². The van der Waals surface area contributed by atoms with Crippen molar-refractivity contribution in [2.75, 3.05) is 13.0 Å². The molecule has 0 aliphatic carbocycles. The zero-order valence-corrected chi connectivity index (χ0v) is 10.3. The van der Waals surface area contributed by atoms with Crippen LogP contribution in [0.15, 0.2) is 12.1 Å². The zero-order valence-electron chi connectivity index (χ0n) is 8.72. The normalized spacial score (nSPS) is 14.5. The van der Waals surface area contributed by atoms with Gasteiger partial charge >= 0.3 is 5.97 Å². The van der Waals surface area contributed by atoms with E-state index in [1.165, 1.54) is 7.11 Å². The summed E-state index contributed by atoms with van der Waals surface area (Å²) in [7, 11) is 1.29. The van der Waals surface area contributed by atoms with E-state index in [4.69, 9.17) is 11.6 Å². The average Bonchev–Trinajstić information content (AvgIpc) is 2.76. The number of alkyl halides is 1. The van der Waals surface area contributed by atoms with Gasteiger partial charge in [0.05, 0.1) is 13.2 Å². The maximum atomic E-state index is 11.2. The standard InChI is InChI=1S/C10H13ClO4S/c1-15-10(14)8-3-2-7(16-8)9(13)6(12)4-5-11/h2-3,6,9,12-13H,4-5H2,1H3. The van der Waals surface area contributed by atoms with Crippen LogP contribution in [0.4, 0.5) is 0 Å². The summed E-state index contributed by atoms with van der Waals surface area (Å²) in [6.45, 7) is 0. The predicted octanol–water partition coefficient (Wildman–Crippen LogP) is 1.56. The molecule has 1 aromatic rings. The first-order valence-electron chi connectivity index (χ1n) is 4.70. The van der Waals surface area contributed by atoms with Crippen molar-refractivity contribution in [3.8, 4) is 0 Å². The van der Waals surface area contributed by atoms with Gasteiger partial charge < -0.3 is 14.9 Å². The van der Waals surface area contributed by atoms with Gasteiger partial charge in [-0.3, -0.25) is 0 Å². The summed E-state index contributed by atoms with van der Waals surface area (Å²) in [6.07, 6.45) is -1.63. The number of aliphatic hydroxyl groups is 2. The van der Waals surface area contributed by atoms with Crippen LogP contribution < -0.4 is 0 Å². The summed E-state index contributed by atoms with van der Waals surface area (Å²) < 4.78 is 4.54. The van der Waals surface area contributed by atoms with Crippen LogP contribution in [0.3, 0.4) is 0 Å². The molecule has 1 rings (SSSR count). The van der Waals surface area contributed by atoms with Gasteiger partial charge in [-0.15, -0.1) is 22.9 Å². The van der Waals surface area contributed by atoms with E-state index in [1.54, 1.807) is 12.1 Å². The second-order valence-corrected chi connectivity index (χ2v) is 4.68. The lowest BCUT2D eigenvalue weighted by atomic mass is 10.1. The Morgan fingerprint density at radius 2 is 2.25 bits per heavy atom. The van der Waals surface area contributed by atoms with Crippen molar-refractivity contribution < 1.29 is 19.7 Å². The average molecular weight is 265 g/mol. The zero-order chi connectivity index (χ0) is 12.1. The summed E-state index contributed by atoms with van der Waals surface area (Å²) in [5.41, 5.74) is 0. The van der Waals surface area contributed by atoms with E-state index < -0.39 is 18.2 Å². The van der Waals surface area contributed by atoms with Gasteiger partial charge in [-0.2, -0.15) is 0 Å². The second kappa shape index (κ2) is 6.20. The van der Waals surface area contributed by atoms with E-state index in [9.17, 15) is 15.0 Å². The molecule has 0 spiro atoms. The highest BCUT2D eigenvalue weighted by atomic mass is 35.5. The summed E-state index contributed by atoms with van der Waals surface area (Å²) in [5, 5.41) is 19.3. The summed E-state index contributed by atoms with van der Waals surface area (Å²) in [5.74, 6) is -0.178. The molecule has 6 heteroatoms. The molecule has 0 radical (unpaired) electrons. The van der Waals surface area contributed by atoms with Crippen LogP contribution in [0.1, 0.15) is 27.1 Å². The number of esters is 1. The lowest BCUT2D eigenvalue weighted by Crippen LogP contribution is -2.17. The molecule has 1 heterocycles. The number of ether oxygens (including phenoxy) is 1. The lowest BCUT2D eigenvalue weighted by Gasteiger charge is -2.14. The number of carbonyl (C=O) groups is 1. The molecule has 0 aliphatic heterocycles. The Balaban J connectivity index is 2.73. The molecule has 90 valence electrons. The minimum atomic E-state index is -1.01.